The van der Waals surface area contributed by atoms with Crippen LogP contribution >= 0.6 is 23.4 Å². The van der Waals surface area contributed by atoms with Gasteiger partial charge in [-0.25, -0.2) is 0 Å². The fourth-order valence-electron chi connectivity index (χ4n) is 2.57. The molecule has 5 nitrogen and oxygen atoms in total. The molecule has 7 heteroatoms. The number of hydrogen-bond acceptors (Lipinski definition) is 5. The third-order valence-electron chi connectivity index (χ3n) is 4.11. The van der Waals surface area contributed by atoms with Crippen LogP contribution in [0.1, 0.15) is 18.1 Å². The fraction of sp³-hybridized carbons (Fsp3) is 0.250. The minimum Gasteiger partial charge on any atom is -0.465 e. The lowest BCUT2D eigenvalue weighted by molar-refractivity contribution is -0.139. The van der Waals surface area contributed by atoms with Crippen molar-refractivity contribution in [3.63, 3.8) is 0 Å². The summed E-state index contributed by atoms with van der Waals surface area (Å²) in [6, 6.07) is 13.6. The number of benzene rings is 2. The van der Waals surface area contributed by atoms with E-state index < -0.39 is 0 Å². The average molecular weight is 402 g/mol. The van der Waals surface area contributed by atoms with E-state index in [9.17, 15) is 4.79 Å². The van der Waals surface area contributed by atoms with Gasteiger partial charge in [-0.05, 0) is 68.3 Å². The number of rotatable bonds is 6. The van der Waals surface area contributed by atoms with Gasteiger partial charge in [0.15, 0.2) is 11.0 Å². The van der Waals surface area contributed by atoms with E-state index in [0.717, 1.165) is 11.3 Å². The number of hydrogen-bond donors (Lipinski definition) is 0. The molecule has 0 bridgehead atoms. The van der Waals surface area contributed by atoms with Gasteiger partial charge in [-0.1, -0.05) is 29.4 Å². The molecule has 140 valence electrons. The lowest BCUT2D eigenvalue weighted by Gasteiger charge is -2.12. The maximum absolute atomic E-state index is 11.8. The quantitative estimate of drug-likeness (QED) is 0.436. The summed E-state index contributed by atoms with van der Waals surface area (Å²) in [6.45, 7) is 6.29. The molecule has 3 aromatic rings. The maximum Gasteiger partial charge on any atom is 0.316 e. The monoisotopic (exact) mass is 401 g/mol. The molecule has 1 heterocycles. The van der Waals surface area contributed by atoms with E-state index in [-0.39, 0.29) is 11.7 Å². The first-order valence-corrected chi connectivity index (χ1v) is 9.93. The van der Waals surface area contributed by atoms with Crippen molar-refractivity contribution in [2.45, 2.75) is 25.9 Å². The highest BCUT2D eigenvalue weighted by Crippen LogP contribution is 2.29. The standard InChI is InChI=1S/C20H20ClN3O2S/c1-4-26-18(25)12-27-20-23-22-19(15-6-8-16(21)9-7-15)24(20)17-10-5-13(2)14(3)11-17/h5-11H,4,12H2,1-3H3. The second-order valence-corrected chi connectivity index (χ2v) is 7.39. The first kappa shape index (κ1) is 19.5. The summed E-state index contributed by atoms with van der Waals surface area (Å²) in [7, 11) is 0. The van der Waals surface area contributed by atoms with E-state index >= 15 is 0 Å². The van der Waals surface area contributed by atoms with Crippen molar-refractivity contribution in [1.82, 2.24) is 14.8 Å². The molecule has 0 fully saturated rings. The van der Waals surface area contributed by atoms with Crippen LogP contribution < -0.4 is 0 Å². The minimum atomic E-state index is -0.273. The van der Waals surface area contributed by atoms with Crippen LogP contribution in [-0.2, 0) is 9.53 Å². The van der Waals surface area contributed by atoms with Gasteiger partial charge in [0.25, 0.3) is 0 Å². The predicted molar refractivity (Wildman–Crippen MR) is 109 cm³/mol. The average Bonchev–Trinajstić information content (AvgIpc) is 3.07. The second kappa shape index (κ2) is 8.59. The van der Waals surface area contributed by atoms with Crippen LogP contribution in [0.3, 0.4) is 0 Å². The molecule has 0 unspecified atom stereocenters. The van der Waals surface area contributed by atoms with Crippen molar-refractivity contribution in [3.05, 3.63) is 58.6 Å². The molecular formula is C20H20ClN3O2S. The Kier molecular flexibility index (Phi) is 6.19. The number of halogens is 1. The van der Waals surface area contributed by atoms with Crippen LogP contribution in [0.15, 0.2) is 47.6 Å². The van der Waals surface area contributed by atoms with Gasteiger partial charge in [-0.3, -0.25) is 9.36 Å². The maximum atomic E-state index is 11.8. The van der Waals surface area contributed by atoms with Gasteiger partial charge in [0.2, 0.25) is 0 Å². The summed E-state index contributed by atoms with van der Waals surface area (Å²) in [6.07, 6.45) is 0. The third kappa shape index (κ3) is 4.51. The van der Waals surface area contributed by atoms with E-state index in [4.69, 9.17) is 16.3 Å². The van der Waals surface area contributed by atoms with Crippen molar-refractivity contribution in [1.29, 1.82) is 0 Å². The summed E-state index contributed by atoms with van der Waals surface area (Å²) < 4.78 is 6.97. The van der Waals surface area contributed by atoms with Crippen LogP contribution in [-0.4, -0.2) is 33.1 Å². The Hall–Kier alpha value is -2.31. The Morgan fingerprint density at radius 2 is 1.85 bits per heavy atom. The van der Waals surface area contributed by atoms with Crippen LogP contribution in [0.25, 0.3) is 17.1 Å². The highest BCUT2D eigenvalue weighted by molar-refractivity contribution is 7.99. The van der Waals surface area contributed by atoms with Gasteiger partial charge in [0.1, 0.15) is 0 Å². The zero-order valence-electron chi connectivity index (χ0n) is 15.4. The highest BCUT2D eigenvalue weighted by atomic mass is 35.5. The minimum absolute atomic E-state index is 0.178. The zero-order chi connectivity index (χ0) is 19.4. The van der Waals surface area contributed by atoms with Crippen molar-refractivity contribution >= 4 is 29.3 Å². The van der Waals surface area contributed by atoms with Gasteiger partial charge in [0.05, 0.1) is 18.0 Å². The molecule has 0 aliphatic heterocycles. The normalized spacial score (nSPS) is 10.8. The molecule has 27 heavy (non-hydrogen) atoms. The van der Waals surface area contributed by atoms with E-state index in [1.165, 1.54) is 22.9 Å². The summed E-state index contributed by atoms with van der Waals surface area (Å²) in [4.78, 5) is 11.8. The van der Waals surface area contributed by atoms with Crippen molar-refractivity contribution in [3.8, 4) is 17.1 Å². The van der Waals surface area contributed by atoms with E-state index in [2.05, 4.69) is 36.2 Å². The first-order chi connectivity index (χ1) is 13.0. The predicted octanol–water partition coefficient (Wildman–Crippen LogP) is 4.86. The van der Waals surface area contributed by atoms with E-state index in [1.807, 2.05) is 34.9 Å². The molecular weight excluding hydrogens is 382 g/mol. The van der Waals surface area contributed by atoms with Crippen LogP contribution in [0.4, 0.5) is 0 Å². The van der Waals surface area contributed by atoms with E-state index in [0.29, 0.717) is 22.6 Å². The second-order valence-electron chi connectivity index (χ2n) is 6.01. The van der Waals surface area contributed by atoms with Crippen molar-refractivity contribution < 1.29 is 9.53 Å². The zero-order valence-corrected chi connectivity index (χ0v) is 17.0. The lowest BCUT2D eigenvalue weighted by Crippen LogP contribution is -2.08. The Bertz CT molecular complexity index is 954. The number of aromatic nitrogens is 3. The number of nitrogens with zero attached hydrogens (tertiary/aromatic N) is 3. The van der Waals surface area contributed by atoms with Gasteiger partial charge in [-0.15, -0.1) is 10.2 Å². The smallest absolute Gasteiger partial charge is 0.316 e. The van der Waals surface area contributed by atoms with Crippen molar-refractivity contribution in [2.75, 3.05) is 12.4 Å². The van der Waals surface area contributed by atoms with Gasteiger partial charge >= 0.3 is 5.97 Å². The summed E-state index contributed by atoms with van der Waals surface area (Å²) >= 11 is 7.32. The molecule has 0 aliphatic rings. The number of ether oxygens (including phenoxy) is 1. The molecule has 0 aliphatic carbocycles. The number of carbonyl (C=O) groups is 1. The Balaban J connectivity index is 2.04. The van der Waals surface area contributed by atoms with Crippen LogP contribution in [0.2, 0.25) is 5.02 Å². The van der Waals surface area contributed by atoms with E-state index in [1.54, 1.807) is 6.92 Å². The highest BCUT2D eigenvalue weighted by Gasteiger charge is 2.18. The van der Waals surface area contributed by atoms with Gasteiger partial charge in [0, 0.05) is 10.6 Å². The molecule has 0 saturated carbocycles. The lowest BCUT2D eigenvalue weighted by atomic mass is 10.1. The largest absolute Gasteiger partial charge is 0.465 e. The Labute approximate surface area is 167 Å². The van der Waals surface area contributed by atoms with Crippen molar-refractivity contribution in [2.24, 2.45) is 0 Å². The van der Waals surface area contributed by atoms with Gasteiger partial charge in [-0.2, -0.15) is 0 Å². The number of esters is 1. The third-order valence-corrected chi connectivity index (χ3v) is 5.26. The summed E-state index contributed by atoms with van der Waals surface area (Å²) in [5.74, 6) is 0.601. The van der Waals surface area contributed by atoms with Crippen LogP contribution in [0.5, 0.6) is 0 Å². The summed E-state index contributed by atoms with van der Waals surface area (Å²) in [5.41, 5.74) is 4.22. The fourth-order valence-corrected chi connectivity index (χ4v) is 3.45. The van der Waals surface area contributed by atoms with Gasteiger partial charge < -0.3 is 4.74 Å². The number of carbonyl (C=O) groups excluding carboxylic acids is 1. The molecule has 0 amide bonds. The molecule has 0 atom stereocenters. The molecule has 2 aromatic carbocycles. The molecule has 0 saturated heterocycles. The van der Waals surface area contributed by atoms with Crippen LogP contribution in [0, 0.1) is 13.8 Å². The summed E-state index contributed by atoms with van der Waals surface area (Å²) in [5, 5.41) is 9.97. The number of aryl methyl sites for hydroxylation is 2. The molecule has 3 rings (SSSR count). The topological polar surface area (TPSA) is 57.0 Å². The Morgan fingerprint density at radius 1 is 1.11 bits per heavy atom. The molecule has 0 spiro atoms. The Morgan fingerprint density at radius 3 is 2.52 bits per heavy atom. The molecule has 0 radical (unpaired) electrons. The molecule has 0 N–H and O–H groups in total. The SMILES string of the molecule is CCOC(=O)CSc1nnc(-c2ccc(Cl)cc2)n1-c1ccc(C)c(C)c1. The molecule has 1 aromatic heterocycles. The number of thioether (sulfide) groups is 1. The first-order valence-electron chi connectivity index (χ1n) is 8.57.